The molecule has 2 rings (SSSR count). The van der Waals surface area contributed by atoms with E-state index >= 15 is 0 Å². The molecule has 0 N–H and O–H groups in total. The molecule has 1 heterocycles. The number of ether oxygens (including phenoxy) is 1. The molecule has 5 heteroatoms. The van der Waals surface area contributed by atoms with Gasteiger partial charge in [0.25, 0.3) is 0 Å². The number of hydrogen-bond acceptors (Lipinski definition) is 3. The molecule has 0 aliphatic heterocycles. The van der Waals surface area contributed by atoms with Gasteiger partial charge in [-0.3, -0.25) is 4.79 Å². The van der Waals surface area contributed by atoms with Gasteiger partial charge < -0.3 is 9.30 Å². The van der Waals surface area contributed by atoms with Gasteiger partial charge in [-0.25, -0.2) is 0 Å². The van der Waals surface area contributed by atoms with Crippen LogP contribution in [0.25, 0.3) is 11.3 Å². The first-order valence-electron chi connectivity index (χ1n) is 6.81. The third kappa shape index (κ3) is 3.85. The molecule has 1 radical (unpaired) electrons. The molecule has 0 aliphatic carbocycles. The number of pyridine rings is 1. The number of aryl methyl sites for hydroxylation is 2. The molecule has 0 fully saturated rings. The van der Waals surface area contributed by atoms with Crippen molar-refractivity contribution in [1.29, 1.82) is 5.26 Å². The van der Waals surface area contributed by atoms with Crippen LogP contribution in [0.1, 0.15) is 18.1 Å². The van der Waals surface area contributed by atoms with Crippen LogP contribution < -0.4 is 10.3 Å². The van der Waals surface area contributed by atoms with Crippen LogP contribution in [-0.2, 0) is 39.3 Å². The van der Waals surface area contributed by atoms with Crippen LogP contribution in [-0.4, -0.2) is 11.2 Å². The minimum atomic E-state index is 0. The second-order valence-electron chi connectivity index (χ2n) is 4.79. The topological polar surface area (TPSA) is 55.0 Å². The Morgan fingerprint density at radius 3 is 2.64 bits per heavy atom. The van der Waals surface area contributed by atoms with Gasteiger partial charge in [-0.1, -0.05) is 36.2 Å². The average Bonchev–Trinajstić information content (AvgIpc) is 2.48. The van der Waals surface area contributed by atoms with Crippen molar-refractivity contribution in [2.24, 2.45) is 0 Å². The summed E-state index contributed by atoms with van der Waals surface area (Å²) in [5.74, 6) is 0.648. The maximum absolute atomic E-state index is 12.2. The van der Waals surface area contributed by atoms with Crippen molar-refractivity contribution in [3.63, 3.8) is 0 Å². The van der Waals surface area contributed by atoms with Crippen LogP contribution in [0.15, 0.2) is 29.1 Å². The molecule has 0 bridgehead atoms. The Hall–Kier alpha value is -1.44. The van der Waals surface area contributed by atoms with Gasteiger partial charge in [0.05, 0.1) is 0 Å². The number of aromatic nitrogens is 1. The summed E-state index contributed by atoms with van der Waals surface area (Å²) in [4.78, 5) is 12.2. The van der Waals surface area contributed by atoms with Crippen LogP contribution in [0.4, 0.5) is 0 Å². The van der Waals surface area contributed by atoms with E-state index in [1.807, 2.05) is 32.0 Å². The Morgan fingerprint density at radius 1 is 1.32 bits per heavy atom. The van der Waals surface area contributed by atoms with E-state index in [0.717, 1.165) is 16.8 Å². The maximum atomic E-state index is 12.2. The summed E-state index contributed by atoms with van der Waals surface area (Å²) in [6.07, 6.45) is 0. The summed E-state index contributed by atoms with van der Waals surface area (Å²) in [7, 11) is 0. The average molecular weight is 370 g/mol. The van der Waals surface area contributed by atoms with Crippen molar-refractivity contribution in [2.45, 2.75) is 27.3 Å². The van der Waals surface area contributed by atoms with Crippen molar-refractivity contribution < 1.29 is 37.4 Å². The van der Waals surface area contributed by atoms with Gasteiger partial charge in [0.2, 0.25) is 0 Å². The summed E-state index contributed by atoms with van der Waals surface area (Å²) in [5, 5.41) is 8.54. The van der Waals surface area contributed by atoms with Crippen LogP contribution in [0, 0.1) is 31.2 Å². The molecule has 0 saturated heterocycles. The molecule has 111 valence electrons. The second kappa shape index (κ2) is 8.26. The molecule has 1 aromatic heterocycles. The van der Waals surface area contributed by atoms with Gasteiger partial charge >= 0.3 is 0 Å². The fourth-order valence-corrected chi connectivity index (χ4v) is 2.26. The normalized spacial score (nSPS) is 9.73. The van der Waals surface area contributed by atoms with Crippen molar-refractivity contribution in [3.8, 4) is 23.1 Å². The van der Waals surface area contributed by atoms with Crippen molar-refractivity contribution >= 4 is 0 Å². The molecule has 0 aliphatic rings. The first kappa shape index (κ1) is 18.6. The molecular formula is C17H17N2O2Y-. The number of benzene rings is 1. The molecule has 4 nitrogen and oxygen atoms in total. The first-order chi connectivity index (χ1) is 10.1. The molecular weight excluding hydrogens is 353 g/mol. The van der Waals surface area contributed by atoms with E-state index in [9.17, 15) is 4.79 Å². The quantitative estimate of drug-likeness (QED) is 0.778. The third-order valence-corrected chi connectivity index (χ3v) is 3.35. The Kier molecular flexibility index (Phi) is 6.99. The van der Waals surface area contributed by atoms with E-state index in [1.54, 1.807) is 23.6 Å². The molecule has 0 saturated carbocycles. The summed E-state index contributed by atoms with van der Waals surface area (Å²) in [5.41, 5.74) is 3.39. The third-order valence-electron chi connectivity index (χ3n) is 3.35. The van der Waals surface area contributed by atoms with Gasteiger partial charge in [0.1, 0.15) is 11.8 Å². The molecule has 0 amide bonds. The predicted octanol–water partition coefficient (Wildman–Crippen LogP) is 2.85. The molecule has 0 atom stereocenters. The monoisotopic (exact) mass is 370 g/mol. The van der Waals surface area contributed by atoms with E-state index in [0.29, 0.717) is 17.9 Å². The maximum Gasteiger partial charge on any atom is 0.197 e. The Morgan fingerprint density at radius 2 is 2.05 bits per heavy atom. The standard InChI is InChI=1S/C17H17N2O2.Y/c1-4-19-16(8-5-12(2)17(19)20)15-7-6-14(11-13(15)3)21-10-9-18;/h5-7,11H,4,10H2,1-3H3;/q-1;. The Bertz CT molecular complexity index is 760. The van der Waals surface area contributed by atoms with Gasteiger partial charge in [0.15, 0.2) is 12.2 Å². The molecule has 1 aromatic carbocycles. The van der Waals surface area contributed by atoms with Crippen LogP contribution in [0.2, 0.25) is 0 Å². The van der Waals surface area contributed by atoms with Crippen molar-refractivity contribution in [3.05, 3.63) is 51.8 Å². The largest absolute Gasteiger partial charge is 0.479 e. The van der Waals surface area contributed by atoms with Crippen molar-refractivity contribution in [2.75, 3.05) is 6.61 Å². The first-order valence-corrected chi connectivity index (χ1v) is 6.81. The number of rotatable bonds is 4. The molecule has 2 aromatic rings. The summed E-state index contributed by atoms with van der Waals surface area (Å²) in [6, 6.07) is 12.4. The fraction of sp³-hybridized carbons (Fsp3) is 0.294. The SMILES string of the molecule is CCn1c(-c2ccc(OCC#N)cc2C)[c-]cc(C)c1=O.[Y]. The fourth-order valence-electron chi connectivity index (χ4n) is 2.26. The molecule has 22 heavy (non-hydrogen) atoms. The second-order valence-corrected chi connectivity index (χ2v) is 4.79. The summed E-state index contributed by atoms with van der Waals surface area (Å²) in [6.45, 7) is 6.30. The van der Waals surface area contributed by atoms with Gasteiger partial charge in [-0.15, -0.1) is 6.07 Å². The minimum Gasteiger partial charge on any atom is -0.479 e. The zero-order valence-electron chi connectivity index (χ0n) is 13.0. The zero-order chi connectivity index (χ0) is 15.4. The van der Waals surface area contributed by atoms with Gasteiger partial charge in [-0.05, 0) is 19.1 Å². The zero-order valence-corrected chi connectivity index (χ0v) is 15.9. The van der Waals surface area contributed by atoms with E-state index in [1.165, 1.54) is 0 Å². The van der Waals surface area contributed by atoms with E-state index in [-0.39, 0.29) is 44.9 Å². The molecule has 0 unspecified atom stereocenters. The van der Waals surface area contributed by atoms with Gasteiger partial charge in [-0.2, -0.15) is 17.4 Å². The van der Waals surface area contributed by atoms with Gasteiger partial charge in [0, 0.05) is 39.3 Å². The van der Waals surface area contributed by atoms with Crippen LogP contribution in [0.5, 0.6) is 5.75 Å². The van der Waals surface area contributed by atoms with E-state index in [4.69, 9.17) is 10.00 Å². The predicted molar refractivity (Wildman–Crippen MR) is 81.2 cm³/mol. The van der Waals surface area contributed by atoms with E-state index < -0.39 is 0 Å². The van der Waals surface area contributed by atoms with Crippen LogP contribution >= 0.6 is 0 Å². The summed E-state index contributed by atoms with van der Waals surface area (Å²) < 4.78 is 7.00. The Balaban J connectivity index is 0.00000242. The molecule has 0 spiro atoms. The van der Waals surface area contributed by atoms with E-state index in [2.05, 4.69) is 6.07 Å². The van der Waals surface area contributed by atoms with Crippen LogP contribution in [0.3, 0.4) is 0 Å². The number of nitrogens with zero attached hydrogens (tertiary/aromatic N) is 2. The number of hydrogen-bond donors (Lipinski definition) is 0. The number of nitriles is 1. The Labute approximate surface area is 155 Å². The smallest absolute Gasteiger partial charge is 0.197 e. The minimum absolute atomic E-state index is 0. The van der Waals surface area contributed by atoms with Crippen molar-refractivity contribution in [1.82, 2.24) is 4.57 Å². The summed E-state index contributed by atoms with van der Waals surface area (Å²) >= 11 is 0.